The Bertz CT molecular complexity index is 911. The lowest BCUT2D eigenvalue weighted by Gasteiger charge is -2.21. The van der Waals surface area contributed by atoms with Crippen LogP contribution in [0.4, 0.5) is 5.69 Å². The van der Waals surface area contributed by atoms with Crippen LogP contribution in [0.1, 0.15) is 29.7 Å². The molecule has 2 heterocycles. The number of nitrogens with zero attached hydrogens (tertiary/aromatic N) is 2. The number of amides is 1. The van der Waals surface area contributed by atoms with E-state index >= 15 is 0 Å². The number of aromatic nitrogens is 2. The summed E-state index contributed by atoms with van der Waals surface area (Å²) in [7, 11) is 0. The van der Waals surface area contributed by atoms with Crippen molar-refractivity contribution in [3.8, 4) is 0 Å². The summed E-state index contributed by atoms with van der Waals surface area (Å²) in [5, 5.41) is 20.2. The summed E-state index contributed by atoms with van der Waals surface area (Å²) in [5.41, 5.74) is 3.91. The van der Waals surface area contributed by atoms with Gasteiger partial charge < -0.3 is 5.10 Å². The SMILES string of the molecule is CC1=NNC(=O)[C@@H]1[C@H](c1cccc([N+](=O)[O-])c1)c1c(C)[nH][nH]c1=O. The summed E-state index contributed by atoms with van der Waals surface area (Å²) in [5.74, 6) is -1.72. The van der Waals surface area contributed by atoms with Crippen LogP contribution in [-0.4, -0.2) is 26.7 Å². The molecule has 0 saturated carbocycles. The zero-order chi connectivity index (χ0) is 17.4. The summed E-state index contributed by atoms with van der Waals surface area (Å²) in [6, 6.07) is 5.96. The fraction of sp³-hybridized carbons (Fsp3) is 0.267. The van der Waals surface area contributed by atoms with Crippen LogP contribution in [0, 0.1) is 23.0 Å². The van der Waals surface area contributed by atoms with Gasteiger partial charge in [-0.1, -0.05) is 12.1 Å². The second kappa shape index (κ2) is 5.76. The van der Waals surface area contributed by atoms with E-state index in [2.05, 4.69) is 20.7 Å². The van der Waals surface area contributed by atoms with Crippen molar-refractivity contribution in [1.82, 2.24) is 15.6 Å². The first-order chi connectivity index (χ1) is 11.4. The summed E-state index contributed by atoms with van der Waals surface area (Å²) in [4.78, 5) is 35.1. The van der Waals surface area contributed by atoms with Gasteiger partial charge in [0.2, 0.25) is 5.91 Å². The Morgan fingerprint density at radius 3 is 2.54 bits per heavy atom. The number of carbonyl (C=O) groups is 1. The number of nitrogens with one attached hydrogen (secondary N) is 3. The lowest BCUT2D eigenvalue weighted by molar-refractivity contribution is -0.384. The van der Waals surface area contributed by atoms with Crippen LogP contribution in [0.5, 0.6) is 0 Å². The van der Waals surface area contributed by atoms with E-state index in [1.54, 1.807) is 19.9 Å². The summed E-state index contributed by atoms with van der Waals surface area (Å²) < 4.78 is 0. The smallest absolute Gasteiger partial charge is 0.269 e. The van der Waals surface area contributed by atoms with Gasteiger partial charge in [-0.05, 0) is 19.4 Å². The first-order valence-electron chi connectivity index (χ1n) is 7.25. The van der Waals surface area contributed by atoms with Crippen molar-refractivity contribution in [3.63, 3.8) is 0 Å². The van der Waals surface area contributed by atoms with Gasteiger partial charge in [0.15, 0.2) is 0 Å². The highest BCUT2D eigenvalue weighted by Crippen LogP contribution is 2.35. The number of nitro benzene ring substituents is 1. The molecular formula is C15H15N5O4. The molecule has 9 nitrogen and oxygen atoms in total. The standard InChI is InChI=1S/C15H15N5O4/c1-7-11(14(21)18-16-7)13(12-8(2)17-19-15(12)22)9-4-3-5-10(6-9)20(23)24/h3-6,11,13H,1-2H3,(H,18,21)(H2,17,19,22)/t11-,13-/m0/s1. The van der Waals surface area contributed by atoms with Crippen LogP contribution in [0.3, 0.4) is 0 Å². The zero-order valence-electron chi connectivity index (χ0n) is 13.0. The fourth-order valence-corrected chi connectivity index (χ4v) is 3.05. The van der Waals surface area contributed by atoms with Crippen LogP contribution in [-0.2, 0) is 4.79 Å². The average molecular weight is 329 g/mol. The lowest BCUT2D eigenvalue weighted by Crippen LogP contribution is -2.31. The molecule has 9 heteroatoms. The molecule has 2 atom stereocenters. The number of carbonyl (C=O) groups excluding carboxylic acids is 1. The van der Waals surface area contributed by atoms with Gasteiger partial charge in [-0.15, -0.1) is 0 Å². The normalized spacial score (nSPS) is 18.2. The highest BCUT2D eigenvalue weighted by Gasteiger charge is 2.39. The predicted octanol–water partition coefficient (Wildman–Crippen LogP) is 1.17. The maximum atomic E-state index is 12.3. The molecule has 0 spiro atoms. The Labute approximate surface area is 135 Å². The molecule has 0 radical (unpaired) electrons. The predicted molar refractivity (Wildman–Crippen MR) is 85.8 cm³/mol. The van der Waals surface area contributed by atoms with E-state index in [1.165, 1.54) is 18.2 Å². The zero-order valence-corrected chi connectivity index (χ0v) is 13.0. The minimum Gasteiger partial charge on any atom is -0.302 e. The Morgan fingerprint density at radius 2 is 2.00 bits per heavy atom. The van der Waals surface area contributed by atoms with Gasteiger partial charge in [0, 0.05) is 35.0 Å². The van der Waals surface area contributed by atoms with Gasteiger partial charge in [-0.25, -0.2) is 5.43 Å². The quantitative estimate of drug-likeness (QED) is 0.573. The van der Waals surface area contributed by atoms with Crippen molar-refractivity contribution in [1.29, 1.82) is 0 Å². The van der Waals surface area contributed by atoms with Gasteiger partial charge in [-0.2, -0.15) is 5.10 Å². The van der Waals surface area contributed by atoms with Gasteiger partial charge in [0.25, 0.3) is 11.2 Å². The first kappa shape index (κ1) is 15.7. The molecule has 1 amide bonds. The van der Waals surface area contributed by atoms with E-state index in [1.807, 2.05) is 0 Å². The molecule has 24 heavy (non-hydrogen) atoms. The first-order valence-corrected chi connectivity index (χ1v) is 7.25. The van der Waals surface area contributed by atoms with Crippen LogP contribution in [0.2, 0.25) is 0 Å². The molecule has 1 aromatic heterocycles. The van der Waals surface area contributed by atoms with Gasteiger partial charge in [0.1, 0.15) is 0 Å². The number of aromatic amines is 2. The lowest BCUT2D eigenvalue weighted by atomic mass is 9.78. The third-order valence-electron chi connectivity index (χ3n) is 4.17. The molecule has 3 N–H and O–H groups in total. The number of benzene rings is 1. The maximum absolute atomic E-state index is 12.3. The van der Waals surface area contributed by atoms with E-state index in [0.29, 0.717) is 22.5 Å². The second-order valence-corrected chi connectivity index (χ2v) is 5.65. The Morgan fingerprint density at radius 1 is 1.25 bits per heavy atom. The Hall–Kier alpha value is -3.23. The molecular weight excluding hydrogens is 314 g/mol. The molecule has 2 aromatic rings. The number of nitro groups is 1. The van der Waals surface area contributed by atoms with Crippen LogP contribution in [0.25, 0.3) is 0 Å². The van der Waals surface area contributed by atoms with E-state index in [9.17, 15) is 19.7 Å². The fourth-order valence-electron chi connectivity index (χ4n) is 3.05. The van der Waals surface area contributed by atoms with Crippen molar-refractivity contribution in [3.05, 3.63) is 61.6 Å². The van der Waals surface area contributed by atoms with Crippen molar-refractivity contribution < 1.29 is 9.72 Å². The van der Waals surface area contributed by atoms with E-state index in [4.69, 9.17) is 0 Å². The van der Waals surface area contributed by atoms with Crippen LogP contribution in [0.15, 0.2) is 34.2 Å². The molecule has 1 aromatic carbocycles. The highest BCUT2D eigenvalue weighted by molar-refractivity contribution is 6.08. The number of H-pyrrole nitrogens is 2. The molecule has 3 rings (SSSR count). The van der Waals surface area contributed by atoms with Gasteiger partial charge in [-0.3, -0.25) is 24.8 Å². The number of aryl methyl sites for hydroxylation is 1. The minimum absolute atomic E-state index is 0.102. The third kappa shape index (κ3) is 2.49. The van der Waals surface area contributed by atoms with E-state index in [-0.39, 0.29) is 17.2 Å². The number of hydrogen-bond donors (Lipinski definition) is 3. The summed E-state index contributed by atoms with van der Waals surface area (Å²) >= 11 is 0. The van der Waals surface area contributed by atoms with Crippen molar-refractivity contribution in [2.75, 3.05) is 0 Å². The summed E-state index contributed by atoms with van der Waals surface area (Å²) in [6.07, 6.45) is 0. The van der Waals surface area contributed by atoms with Crippen LogP contribution >= 0.6 is 0 Å². The van der Waals surface area contributed by atoms with Crippen LogP contribution < -0.4 is 11.0 Å². The van der Waals surface area contributed by atoms with E-state index in [0.717, 1.165) is 0 Å². The second-order valence-electron chi connectivity index (χ2n) is 5.65. The average Bonchev–Trinajstić information content (AvgIpc) is 3.05. The molecule has 0 saturated heterocycles. The molecule has 0 unspecified atom stereocenters. The van der Waals surface area contributed by atoms with E-state index < -0.39 is 16.8 Å². The number of hydrazone groups is 1. The largest absolute Gasteiger partial charge is 0.302 e. The molecule has 1 aliphatic rings. The minimum atomic E-state index is -0.706. The molecule has 0 fully saturated rings. The van der Waals surface area contributed by atoms with Gasteiger partial charge in [0.05, 0.1) is 10.8 Å². The molecule has 124 valence electrons. The third-order valence-corrected chi connectivity index (χ3v) is 4.17. The number of rotatable bonds is 4. The Balaban J connectivity index is 2.22. The Kier molecular flexibility index (Phi) is 3.76. The number of non-ortho nitro benzene ring substituents is 1. The molecule has 1 aliphatic heterocycles. The van der Waals surface area contributed by atoms with Crippen molar-refractivity contribution in [2.45, 2.75) is 19.8 Å². The maximum Gasteiger partial charge on any atom is 0.269 e. The monoisotopic (exact) mass is 329 g/mol. The number of hydrogen-bond acceptors (Lipinski definition) is 5. The molecule has 0 bridgehead atoms. The van der Waals surface area contributed by atoms with Crippen molar-refractivity contribution in [2.24, 2.45) is 11.0 Å². The highest BCUT2D eigenvalue weighted by atomic mass is 16.6. The molecule has 0 aliphatic carbocycles. The van der Waals surface area contributed by atoms with Gasteiger partial charge >= 0.3 is 0 Å². The van der Waals surface area contributed by atoms with Crippen molar-refractivity contribution >= 4 is 17.3 Å². The summed E-state index contributed by atoms with van der Waals surface area (Å²) in [6.45, 7) is 3.39. The topological polar surface area (TPSA) is 133 Å².